The van der Waals surface area contributed by atoms with Crippen LogP contribution in [0.3, 0.4) is 0 Å². The number of benzene rings is 2. The molecule has 0 aliphatic rings. The van der Waals surface area contributed by atoms with Crippen LogP contribution >= 0.6 is 0 Å². The third-order valence-corrected chi connectivity index (χ3v) is 3.97. The van der Waals surface area contributed by atoms with Crippen LogP contribution in [0, 0.1) is 5.82 Å². The second-order valence-electron chi connectivity index (χ2n) is 5.67. The molecule has 0 spiro atoms. The summed E-state index contributed by atoms with van der Waals surface area (Å²) < 4.78 is 24.0. The number of carbonyl (C=O) groups excluding carboxylic acids is 1. The van der Waals surface area contributed by atoms with Crippen molar-refractivity contribution in [2.75, 3.05) is 19.5 Å². The first-order valence-corrected chi connectivity index (χ1v) is 8.06. The molecular formula is C18H17FN5O3-. The largest absolute Gasteiger partial charge is 0.497 e. The lowest BCUT2D eigenvalue weighted by molar-refractivity contribution is -0.117. The predicted octanol–water partition coefficient (Wildman–Crippen LogP) is 1.95. The van der Waals surface area contributed by atoms with E-state index in [4.69, 9.17) is 9.47 Å². The summed E-state index contributed by atoms with van der Waals surface area (Å²) in [7, 11) is 3.08. The van der Waals surface area contributed by atoms with Gasteiger partial charge in [-0.05, 0) is 36.2 Å². The summed E-state index contributed by atoms with van der Waals surface area (Å²) >= 11 is 0. The molecule has 0 aliphatic carbocycles. The van der Waals surface area contributed by atoms with Crippen molar-refractivity contribution in [3.05, 3.63) is 59.7 Å². The number of anilines is 1. The molecule has 0 aliphatic heterocycles. The average Bonchev–Trinajstić information content (AvgIpc) is 3.20. The summed E-state index contributed by atoms with van der Waals surface area (Å²) in [5.41, 5.74) is 1.08. The third kappa shape index (κ3) is 4.38. The van der Waals surface area contributed by atoms with Crippen molar-refractivity contribution in [2.45, 2.75) is 12.3 Å². The lowest BCUT2D eigenvalue weighted by Crippen LogP contribution is -2.24. The molecule has 8 nitrogen and oxygen atoms in total. The highest BCUT2D eigenvalue weighted by Gasteiger charge is 2.23. The van der Waals surface area contributed by atoms with Crippen LogP contribution in [-0.4, -0.2) is 35.7 Å². The van der Waals surface area contributed by atoms with E-state index in [0.717, 1.165) is 5.56 Å². The highest BCUT2D eigenvalue weighted by atomic mass is 19.1. The molecule has 0 saturated carbocycles. The van der Waals surface area contributed by atoms with Crippen LogP contribution in [-0.2, 0) is 11.2 Å². The second-order valence-corrected chi connectivity index (χ2v) is 5.67. The molecule has 3 aromatic rings. The minimum absolute atomic E-state index is 0.168. The van der Waals surface area contributed by atoms with Crippen molar-refractivity contribution in [1.82, 2.24) is 20.6 Å². The lowest BCUT2D eigenvalue weighted by Gasteiger charge is -2.19. The van der Waals surface area contributed by atoms with E-state index in [-0.39, 0.29) is 12.2 Å². The van der Waals surface area contributed by atoms with Gasteiger partial charge in [-0.2, -0.15) is 5.21 Å². The number of nitrogens with one attached hydrogen (secondary N) is 1. The molecular weight excluding hydrogens is 353 g/mol. The van der Waals surface area contributed by atoms with Crippen LogP contribution in [0.4, 0.5) is 10.1 Å². The molecule has 27 heavy (non-hydrogen) atoms. The lowest BCUT2D eigenvalue weighted by atomic mass is 9.96. The molecule has 1 N–H and O–H groups in total. The van der Waals surface area contributed by atoms with Gasteiger partial charge in [0, 0.05) is 17.6 Å². The SMILES string of the molecule is COc1ccc(C[C@@H](C(=O)Nc2cccc(F)c2)c2nnn[n-]2)c(OC)c1. The van der Waals surface area contributed by atoms with Gasteiger partial charge in [0.05, 0.1) is 20.1 Å². The quantitative estimate of drug-likeness (QED) is 0.678. The first-order valence-electron chi connectivity index (χ1n) is 8.06. The minimum atomic E-state index is -0.787. The maximum atomic E-state index is 13.4. The Bertz CT molecular complexity index is 917. The van der Waals surface area contributed by atoms with E-state index in [1.807, 2.05) is 0 Å². The number of amides is 1. The standard InChI is InChI=1S/C18H18FN5O3/c1-26-14-7-6-11(16(10-14)27-2)8-15(17-21-23-24-22-17)18(25)20-13-5-3-4-12(19)9-13/h3-7,9-10,15H,8H2,1-2H3,(H2,20,21,22,23,24,25)/p-1/t15-/m1/s1. The Morgan fingerprint density at radius 1 is 1.22 bits per heavy atom. The summed E-state index contributed by atoms with van der Waals surface area (Å²) in [6.07, 6.45) is 0.238. The summed E-state index contributed by atoms with van der Waals surface area (Å²) in [6.45, 7) is 0. The summed E-state index contributed by atoms with van der Waals surface area (Å²) in [6, 6.07) is 10.9. The van der Waals surface area contributed by atoms with Crippen molar-refractivity contribution in [1.29, 1.82) is 0 Å². The smallest absolute Gasteiger partial charge is 0.232 e. The molecule has 1 heterocycles. The molecule has 1 atom stereocenters. The molecule has 0 unspecified atom stereocenters. The number of rotatable bonds is 7. The zero-order valence-electron chi connectivity index (χ0n) is 14.7. The normalized spacial score (nSPS) is 11.7. The number of nitrogens with zero attached hydrogens (tertiary/aromatic N) is 4. The minimum Gasteiger partial charge on any atom is -0.497 e. The number of hydrogen-bond donors (Lipinski definition) is 1. The van der Waals surface area contributed by atoms with E-state index in [1.54, 1.807) is 31.4 Å². The number of ether oxygens (including phenoxy) is 2. The van der Waals surface area contributed by atoms with Crippen molar-refractivity contribution >= 4 is 11.6 Å². The molecule has 0 saturated heterocycles. The van der Waals surface area contributed by atoms with Crippen molar-refractivity contribution < 1.29 is 18.7 Å². The summed E-state index contributed by atoms with van der Waals surface area (Å²) in [4.78, 5) is 12.8. The van der Waals surface area contributed by atoms with Gasteiger partial charge >= 0.3 is 0 Å². The van der Waals surface area contributed by atoms with Gasteiger partial charge in [-0.1, -0.05) is 12.1 Å². The highest BCUT2D eigenvalue weighted by Crippen LogP contribution is 2.29. The van der Waals surface area contributed by atoms with Crippen LogP contribution in [0.15, 0.2) is 42.5 Å². The van der Waals surface area contributed by atoms with Crippen LogP contribution in [0.5, 0.6) is 11.5 Å². The van der Waals surface area contributed by atoms with Gasteiger partial charge in [-0.25, -0.2) is 4.39 Å². The summed E-state index contributed by atoms with van der Waals surface area (Å²) in [5.74, 6) is -0.288. The monoisotopic (exact) mass is 370 g/mol. The van der Waals surface area contributed by atoms with Gasteiger partial charge in [0.25, 0.3) is 0 Å². The second kappa shape index (κ2) is 8.26. The van der Waals surface area contributed by atoms with Crippen LogP contribution < -0.4 is 19.9 Å². The Kier molecular flexibility index (Phi) is 5.60. The molecule has 1 aromatic heterocycles. The fraction of sp³-hybridized carbons (Fsp3) is 0.222. The van der Waals surface area contributed by atoms with Gasteiger partial charge < -0.3 is 19.9 Å². The van der Waals surface area contributed by atoms with Crippen LogP contribution in [0.25, 0.3) is 0 Å². The average molecular weight is 370 g/mol. The van der Waals surface area contributed by atoms with E-state index < -0.39 is 17.6 Å². The number of hydrogen-bond acceptors (Lipinski definition) is 6. The maximum absolute atomic E-state index is 13.4. The van der Waals surface area contributed by atoms with E-state index in [9.17, 15) is 9.18 Å². The van der Waals surface area contributed by atoms with Crippen LogP contribution in [0.1, 0.15) is 17.3 Å². The number of aromatic nitrogens is 4. The predicted molar refractivity (Wildman–Crippen MR) is 94.2 cm³/mol. The molecule has 0 radical (unpaired) electrons. The number of tetrazole rings is 1. The molecule has 0 fully saturated rings. The van der Waals surface area contributed by atoms with Crippen molar-refractivity contribution in [3.63, 3.8) is 0 Å². The van der Waals surface area contributed by atoms with Gasteiger partial charge in [-0.3, -0.25) is 15.1 Å². The number of halogens is 1. The topological polar surface area (TPSA) is 100 Å². The molecule has 0 bridgehead atoms. The van der Waals surface area contributed by atoms with Crippen molar-refractivity contribution in [2.24, 2.45) is 0 Å². The zero-order valence-corrected chi connectivity index (χ0v) is 14.7. The molecule has 9 heteroatoms. The Labute approximate surface area is 154 Å². The Morgan fingerprint density at radius 3 is 2.74 bits per heavy atom. The Morgan fingerprint density at radius 2 is 2.07 bits per heavy atom. The van der Waals surface area contributed by atoms with E-state index in [2.05, 4.69) is 25.9 Å². The molecule has 1 amide bonds. The van der Waals surface area contributed by atoms with Crippen molar-refractivity contribution in [3.8, 4) is 11.5 Å². The highest BCUT2D eigenvalue weighted by molar-refractivity contribution is 5.95. The molecule has 140 valence electrons. The zero-order chi connectivity index (χ0) is 19.2. The van der Waals surface area contributed by atoms with Crippen LogP contribution in [0.2, 0.25) is 0 Å². The van der Waals surface area contributed by atoms with Gasteiger partial charge in [0.2, 0.25) is 5.91 Å². The summed E-state index contributed by atoms with van der Waals surface area (Å²) in [5, 5.41) is 17.2. The first kappa shape index (κ1) is 18.3. The van der Waals surface area contributed by atoms with E-state index in [0.29, 0.717) is 17.2 Å². The van der Waals surface area contributed by atoms with Gasteiger partial charge in [-0.15, -0.1) is 0 Å². The third-order valence-electron chi connectivity index (χ3n) is 3.97. The Balaban J connectivity index is 1.87. The van der Waals surface area contributed by atoms with Gasteiger partial charge in [0.15, 0.2) is 0 Å². The first-order chi connectivity index (χ1) is 13.1. The Hall–Kier alpha value is -3.49. The maximum Gasteiger partial charge on any atom is 0.232 e. The fourth-order valence-corrected chi connectivity index (χ4v) is 2.63. The fourth-order valence-electron chi connectivity index (χ4n) is 2.63. The van der Waals surface area contributed by atoms with E-state index in [1.165, 1.54) is 25.3 Å². The molecule has 2 aromatic carbocycles. The van der Waals surface area contributed by atoms with E-state index >= 15 is 0 Å². The van der Waals surface area contributed by atoms with Gasteiger partial charge in [0.1, 0.15) is 17.3 Å². The number of carbonyl (C=O) groups is 1. The molecule has 3 rings (SSSR count). The number of methoxy groups -OCH3 is 2.